The molecule has 1 saturated carbocycles. The largest absolute Gasteiger partial charge is 0.314 e. The first-order chi connectivity index (χ1) is 7.27. The number of nitrogens with zero attached hydrogens (tertiary/aromatic N) is 2. The van der Waals surface area contributed by atoms with Gasteiger partial charge in [0.1, 0.15) is 0 Å². The Morgan fingerprint density at radius 2 is 1.93 bits per heavy atom. The lowest BCUT2D eigenvalue weighted by Gasteiger charge is -2.35. The molecule has 1 aliphatic heterocycles. The van der Waals surface area contributed by atoms with Gasteiger partial charge < -0.3 is 10.2 Å². The molecule has 2 fully saturated rings. The molecule has 3 nitrogen and oxygen atoms in total. The highest BCUT2D eigenvalue weighted by atomic mass is 15.2. The summed E-state index contributed by atoms with van der Waals surface area (Å²) in [7, 11) is 4.36. The fourth-order valence-electron chi connectivity index (χ4n) is 2.60. The van der Waals surface area contributed by atoms with Crippen molar-refractivity contribution in [1.82, 2.24) is 15.1 Å². The maximum absolute atomic E-state index is 3.44. The number of hydrogen-bond acceptors (Lipinski definition) is 3. The number of piperazine rings is 1. The van der Waals surface area contributed by atoms with E-state index in [4.69, 9.17) is 0 Å². The Bertz CT molecular complexity index is 183. The first-order valence-electron chi connectivity index (χ1n) is 6.37. The SMILES string of the molecule is CN(C)CCC(C1CC1)N1CCNCC1. The van der Waals surface area contributed by atoms with Crippen LogP contribution in [-0.4, -0.2) is 62.7 Å². The third-order valence-corrected chi connectivity index (χ3v) is 3.66. The average molecular weight is 211 g/mol. The Balaban J connectivity index is 1.81. The lowest BCUT2D eigenvalue weighted by atomic mass is 10.1. The molecule has 0 aromatic carbocycles. The summed E-state index contributed by atoms with van der Waals surface area (Å²) in [6.45, 7) is 6.13. The van der Waals surface area contributed by atoms with E-state index in [1.807, 2.05) is 0 Å². The topological polar surface area (TPSA) is 18.5 Å². The first-order valence-corrected chi connectivity index (χ1v) is 6.37. The van der Waals surface area contributed by atoms with Crippen LogP contribution in [0.2, 0.25) is 0 Å². The number of rotatable bonds is 5. The molecular formula is C12H25N3. The van der Waals surface area contributed by atoms with Gasteiger partial charge in [0, 0.05) is 32.2 Å². The molecule has 15 heavy (non-hydrogen) atoms. The van der Waals surface area contributed by atoms with E-state index in [1.54, 1.807) is 0 Å². The molecule has 1 unspecified atom stereocenters. The van der Waals surface area contributed by atoms with Gasteiger partial charge in [0.05, 0.1) is 0 Å². The second-order valence-corrected chi connectivity index (χ2v) is 5.28. The molecule has 1 saturated heterocycles. The quantitative estimate of drug-likeness (QED) is 0.719. The summed E-state index contributed by atoms with van der Waals surface area (Å²) in [5.41, 5.74) is 0. The van der Waals surface area contributed by atoms with Gasteiger partial charge in [0.25, 0.3) is 0 Å². The summed E-state index contributed by atoms with van der Waals surface area (Å²) in [5, 5.41) is 3.44. The Morgan fingerprint density at radius 3 is 2.47 bits per heavy atom. The fourth-order valence-corrected chi connectivity index (χ4v) is 2.60. The molecule has 1 heterocycles. The van der Waals surface area contributed by atoms with Crippen LogP contribution in [0.15, 0.2) is 0 Å². The standard InChI is InChI=1S/C12H25N3/c1-14(2)8-5-12(11-3-4-11)15-9-6-13-7-10-15/h11-13H,3-10H2,1-2H3. The Morgan fingerprint density at radius 1 is 1.27 bits per heavy atom. The van der Waals surface area contributed by atoms with Crippen molar-refractivity contribution < 1.29 is 0 Å². The lowest BCUT2D eigenvalue weighted by Crippen LogP contribution is -2.49. The van der Waals surface area contributed by atoms with E-state index in [2.05, 4.69) is 29.2 Å². The molecule has 2 aliphatic rings. The molecule has 1 N–H and O–H groups in total. The minimum atomic E-state index is 0.870. The molecule has 0 bridgehead atoms. The van der Waals surface area contributed by atoms with Gasteiger partial charge in [0.15, 0.2) is 0 Å². The molecule has 0 radical (unpaired) electrons. The molecule has 88 valence electrons. The van der Waals surface area contributed by atoms with E-state index >= 15 is 0 Å². The summed E-state index contributed by atoms with van der Waals surface area (Å²) < 4.78 is 0. The second-order valence-electron chi connectivity index (χ2n) is 5.28. The van der Waals surface area contributed by atoms with Crippen LogP contribution in [0.25, 0.3) is 0 Å². The zero-order chi connectivity index (χ0) is 10.7. The third-order valence-electron chi connectivity index (χ3n) is 3.66. The van der Waals surface area contributed by atoms with Crippen LogP contribution in [0.1, 0.15) is 19.3 Å². The van der Waals surface area contributed by atoms with Crippen molar-refractivity contribution in [3.8, 4) is 0 Å². The Kier molecular flexibility index (Phi) is 4.00. The summed E-state index contributed by atoms with van der Waals surface area (Å²) in [6.07, 6.45) is 4.31. The molecule has 3 heteroatoms. The highest BCUT2D eigenvalue weighted by molar-refractivity contribution is 4.90. The van der Waals surface area contributed by atoms with Crippen molar-refractivity contribution >= 4 is 0 Å². The smallest absolute Gasteiger partial charge is 0.0137 e. The van der Waals surface area contributed by atoms with Gasteiger partial charge in [-0.25, -0.2) is 0 Å². The molecule has 0 amide bonds. The lowest BCUT2D eigenvalue weighted by molar-refractivity contribution is 0.139. The predicted molar refractivity (Wildman–Crippen MR) is 64.1 cm³/mol. The summed E-state index contributed by atoms with van der Waals surface area (Å²) in [6, 6.07) is 0.870. The van der Waals surface area contributed by atoms with Gasteiger partial charge in [0.2, 0.25) is 0 Å². The Labute approximate surface area is 93.8 Å². The first kappa shape index (κ1) is 11.4. The van der Waals surface area contributed by atoms with Gasteiger partial charge in [-0.05, 0) is 45.8 Å². The molecule has 1 atom stereocenters. The maximum atomic E-state index is 3.44. The van der Waals surface area contributed by atoms with Crippen LogP contribution in [0.5, 0.6) is 0 Å². The minimum Gasteiger partial charge on any atom is -0.314 e. The summed E-state index contributed by atoms with van der Waals surface area (Å²) in [5.74, 6) is 1.02. The number of nitrogens with one attached hydrogen (secondary N) is 1. The van der Waals surface area contributed by atoms with Crippen molar-refractivity contribution in [1.29, 1.82) is 0 Å². The van der Waals surface area contributed by atoms with E-state index in [0.29, 0.717) is 0 Å². The molecule has 0 spiro atoms. The highest BCUT2D eigenvalue weighted by Crippen LogP contribution is 2.37. The van der Waals surface area contributed by atoms with Gasteiger partial charge in [-0.2, -0.15) is 0 Å². The molecule has 2 rings (SSSR count). The third kappa shape index (κ3) is 3.44. The minimum absolute atomic E-state index is 0.870. The highest BCUT2D eigenvalue weighted by Gasteiger charge is 2.35. The molecule has 0 aromatic rings. The van der Waals surface area contributed by atoms with Gasteiger partial charge in [-0.1, -0.05) is 0 Å². The normalized spacial score (nSPS) is 25.8. The van der Waals surface area contributed by atoms with E-state index in [9.17, 15) is 0 Å². The van der Waals surface area contributed by atoms with Gasteiger partial charge in [-0.15, -0.1) is 0 Å². The van der Waals surface area contributed by atoms with Crippen molar-refractivity contribution in [2.75, 3.05) is 46.8 Å². The zero-order valence-electron chi connectivity index (χ0n) is 10.2. The monoisotopic (exact) mass is 211 g/mol. The van der Waals surface area contributed by atoms with E-state index in [-0.39, 0.29) is 0 Å². The summed E-state index contributed by atoms with van der Waals surface area (Å²) >= 11 is 0. The van der Waals surface area contributed by atoms with Crippen molar-refractivity contribution in [3.63, 3.8) is 0 Å². The van der Waals surface area contributed by atoms with Crippen LogP contribution in [-0.2, 0) is 0 Å². The fraction of sp³-hybridized carbons (Fsp3) is 1.00. The number of hydrogen-bond donors (Lipinski definition) is 1. The van der Waals surface area contributed by atoms with E-state index < -0.39 is 0 Å². The van der Waals surface area contributed by atoms with Crippen LogP contribution in [0, 0.1) is 5.92 Å². The van der Waals surface area contributed by atoms with Crippen LogP contribution < -0.4 is 5.32 Å². The Hall–Kier alpha value is -0.120. The zero-order valence-corrected chi connectivity index (χ0v) is 10.2. The second kappa shape index (κ2) is 5.28. The van der Waals surface area contributed by atoms with Crippen LogP contribution in [0.3, 0.4) is 0 Å². The predicted octanol–water partition coefficient (Wildman–Crippen LogP) is 0.622. The van der Waals surface area contributed by atoms with E-state index in [1.165, 1.54) is 52.0 Å². The van der Waals surface area contributed by atoms with Crippen molar-refractivity contribution in [2.24, 2.45) is 5.92 Å². The molecular weight excluding hydrogens is 186 g/mol. The molecule has 0 aromatic heterocycles. The van der Waals surface area contributed by atoms with Crippen molar-refractivity contribution in [3.05, 3.63) is 0 Å². The average Bonchev–Trinajstić information content (AvgIpc) is 3.03. The maximum Gasteiger partial charge on any atom is 0.0137 e. The summed E-state index contributed by atoms with van der Waals surface area (Å²) in [4.78, 5) is 5.04. The van der Waals surface area contributed by atoms with Gasteiger partial charge >= 0.3 is 0 Å². The van der Waals surface area contributed by atoms with Crippen molar-refractivity contribution in [2.45, 2.75) is 25.3 Å². The van der Waals surface area contributed by atoms with Gasteiger partial charge in [-0.3, -0.25) is 4.90 Å². The molecule has 1 aliphatic carbocycles. The van der Waals surface area contributed by atoms with E-state index in [0.717, 1.165) is 12.0 Å². The van der Waals surface area contributed by atoms with Crippen LogP contribution in [0.4, 0.5) is 0 Å². The van der Waals surface area contributed by atoms with Crippen LogP contribution >= 0.6 is 0 Å².